The highest BCUT2D eigenvalue weighted by Gasteiger charge is 2.38. The number of piperidine rings is 1. The van der Waals surface area contributed by atoms with E-state index < -0.39 is 0 Å². The van der Waals surface area contributed by atoms with Gasteiger partial charge in [-0.25, -0.2) is 0 Å². The lowest BCUT2D eigenvalue weighted by Gasteiger charge is -2.36. The summed E-state index contributed by atoms with van der Waals surface area (Å²) >= 11 is 0. The topological polar surface area (TPSA) is 41.1 Å². The predicted molar refractivity (Wildman–Crippen MR) is 77.7 cm³/mol. The highest BCUT2D eigenvalue weighted by atomic mass is 16.2. The summed E-state index contributed by atoms with van der Waals surface area (Å²) in [5.74, 6) is 0.236. The molecule has 104 valence electrons. The first-order valence-electron chi connectivity index (χ1n) is 7.30. The van der Waals surface area contributed by atoms with Crippen molar-refractivity contribution in [3.05, 3.63) is 35.9 Å². The summed E-state index contributed by atoms with van der Waals surface area (Å²) in [6, 6.07) is 10.1. The van der Waals surface area contributed by atoms with Crippen LogP contribution < -0.4 is 10.6 Å². The average Bonchev–Trinajstić information content (AvgIpc) is 2.47. The number of rotatable bonds is 5. The molecular formula is C16H24N2O. The minimum Gasteiger partial charge on any atom is -0.352 e. The fourth-order valence-corrected chi connectivity index (χ4v) is 2.94. The van der Waals surface area contributed by atoms with Crippen molar-refractivity contribution in [1.82, 2.24) is 10.6 Å². The Bertz CT molecular complexity index is 391. The molecule has 19 heavy (non-hydrogen) atoms. The van der Waals surface area contributed by atoms with Crippen LogP contribution in [0.4, 0.5) is 0 Å². The second kappa shape index (κ2) is 6.71. The molecule has 2 rings (SSSR count). The third-order valence-electron chi connectivity index (χ3n) is 4.07. The number of hydrogen-bond acceptors (Lipinski definition) is 2. The van der Waals surface area contributed by atoms with Gasteiger partial charge in [0.25, 0.3) is 0 Å². The lowest BCUT2D eigenvalue weighted by Crippen LogP contribution is -2.47. The van der Waals surface area contributed by atoms with Crippen molar-refractivity contribution in [1.29, 1.82) is 0 Å². The molecule has 3 heteroatoms. The molecule has 3 nitrogen and oxygen atoms in total. The van der Waals surface area contributed by atoms with Gasteiger partial charge in [-0.3, -0.25) is 4.79 Å². The van der Waals surface area contributed by atoms with E-state index in [0.717, 1.165) is 44.3 Å². The zero-order valence-corrected chi connectivity index (χ0v) is 11.7. The Kier molecular flexibility index (Phi) is 4.97. The number of amides is 1. The first kappa shape index (κ1) is 14.1. The number of hydrogen-bond donors (Lipinski definition) is 2. The molecule has 0 unspecified atom stereocenters. The molecule has 0 bridgehead atoms. The van der Waals surface area contributed by atoms with E-state index in [1.54, 1.807) is 0 Å². The SMILES string of the molecule is CCCC1(C(=O)NCc2ccccc2)CCNCC1. The van der Waals surface area contributed by atoms with Crippen LogP contribution in [0.15, 0.2) is 30.3 Å². The summed E-state index contributed by atoms with van der Waals surface area (Å²) in [4.78, 5) is 12.5. The highest BCUT2D eigenvalue weighted by molar-refractivity contribution is 5.82. The molecule has 1 aliphatic rings. The molecule has 1 saturated heterocycles. The van der Waals surface area contributed by atoms with Gasteiger partial charge in [-0.05, 0) is 37.9 Å². The van der Waals surface area contributed by atoms with E-state index in [0.29, 0.717) is 6.54 Å². The maximum Gasteiger partial charge on any atom is 0.226 e. The Morgan fingerprint density at radius 3 is 2.58 bits per heavy atom. The smallest absolute Gasteiger partial charge is 0.226 e. The van der Waals surface area contributed by atoms with Crippen molar-refractivity contribution >= 4 is 5.91 Å². The third kappa shape index (κ3) is 3.57. The zero-order chi connectivity index (χ0) is 13.6. The molecular weight excluding hydrogens is 236 g/mol. The van der Waals surface area contributed by atoms with E-state index in [1.807, 2.05) is 18.2 Å². The van der Waals surface area contributed by atoms with Crippen LogP contribution in [0.2, 0.25) is 0 Å². The maximum absolute atomic E-state index is 12.5. The summed E-state index contributed by atoms with van der Waals surface area (Å²) in [5.41, 5.74) is 1.02. The van der Waals surface area contributed by atoms with E-state index in [1.165, 1.54) is 0 Å². The molecule has 0 aliphatic carbocycles. The first-order chi connectivity index (χ1) is 9.27. The van der Waals surface area contributed by atoms with Crippen LogP contribution in [-0.4, -0.2) is 19.0 Å². The maximum atomic E-state index is 12.5. The van der Waals surface area contributed by atoms with Crippen molar-refractivity contribution in [2.75, 3.05) is 13.1 Å². The summed E-state index contributed by atoms with van der Waals surface area (Å²) in [6.45, 7) is 4.71. The van der Waals surface area contributed by atoms with Crippen molar-refractivity contribution in [3.63, 3.8) is 0 Å². The van der Waals surface area contributed by atoms with Crippen molar-refractivity contribution in [3.8, 4) is 0 Å². The Hall–Kier alpha value is -1.35. The number of carbonyl (C=O) groups is 1. The first-order valence-corrected chi connectivity index (χ1v) is 7.30. The molecule has 1 aromatic rings. The standard InChI is InChI=1S/C16H24N2O/c1-2-8-16(9-11-17-12-10-16)15(19)18-13-14-6-4-3-5-7-14/h3-7,17H,2,8-13H2,1H3,(H,18,19). The molecule has 0 saturated carbocycles. The molecule has 0 aromatic heterocycles. The van der Waals surface area contributed by atoms with Gasteiger partial charge in [-0.15, -0.1) is 0 Å². The summed E-state index contributed by atoms with van der Waals surface area (Å²) < 4.78 is 0. The molecule has 1 fully saturated rings. The molecule has 2 N–H and O–H groups in total. The van der Waals surface area contributed by atoms with Gasteiger partial charge in [0.05, 0.1) is 5.41 Å². The number of carbonyl (C=O) groups excluding carboxylic acids is 1. The van der Waals surface area contributed by atoms with Crippen LogP contribution in [0, 0.1) is 5.41 Å². The average molecular weight is 260 g/mol. The van der Waals surface area contributed by atoms with E-state index in [4.69, 9.17) is 0 Å². The van der Waals surface area contributed by atoms with Crippen LogP contribution in [0.5, 0.6) is 0 Å². The van der Waals surface area contributed by atoms with Crippen LogP contribution >= 0.6 is 0 Å². The van der Waals surface area contributed by atoms with E-state index >= 15 is 0 Å². The van der Waals surface area contributed by atoms with Gasteiger partial charge in [-0.1, -0.05) is 43.7 Å². The summed E-state index contributed by atoms with van der Waals surface area (Å²) in [6.07, 6.45) is 3.98. The van der Waals surface area contributed by atoms with Gasteiger partial charge in [0, 0.05) is 6.54 Å². The van der Waals surface area contributed by atoms with Gasteiger partial charge in [-0.2, -0.15) is 0 Å². The Balaban J connectivity index is 1.96. The van der Waals surface area contributed by atoms with Gasteiger partial charge in [0.1, 0.15) is 0 Å². The minimum atomic E-state index is -0.144. The number of benzene rings is 1. The van der Waals surface area contributed by atoms with Crippen molar-refractivity contribution < 1.29 is 4.79 Å². The normalized spacial score (nSPS) is 17.9. The van der Waals surface area contributed by atoms with Crippen LogP contribution in [-0.2, 0) is 11.3 Å². The minimum absolute atomic E-state index is 0.144. The highest BCUT2D eigenvalue weighted by Crippen LogP contribution is 2.34. The van der Waals surface area contributed by atoms with Crippen LogP contribution in [0.25, 0.3) is 0 Å². The number of nitrogens with one attached hydrogen (secondary N) is 2. The zero-order valence-electron chi connectivity index (χ0n) is 11.7. The second-order valence-electron chi connectivity index (χ2n) is 5.45. The predicted octanol–water partition coefficient (Wildman–Crippen LogP) is 2.47. The molecule has 1 aliphatic heterocycles. The molecule has 0 spiro atoms. The quantitative estimate of drug-likeness (QED) is 0.854. The van der Waals surface area contributed by atoms with E-state index in [-0.39, 0.29) is 11.3 Å². The molecule has 1 heterocycles. The molecule has 1 aromatic carbocycles. The Labute approximate surface area is 115 Å². The fraction of sp³-hybridized carbons (Fsp3) is 0.562. The van der Waals surface area contributed by atoms with Crippen molar-refractivity contribution in [2.24, 2.45) is 5.41 Å². The molecule has 0 radical (unpaired) electrons. The van der Waals surface area contributed by atoms with E-state index in [9.17, 15) is 4.79 Å². The fourth-order valence-electron chi connectivity index (χ4n) is 2.94. The van der Waals surface area contributed by atoms with Gasteiger partial charge in [0.2, 0.25) is 5.91 Å². The van der Waals surface area contributed by atoms with Crippen LogP contribution in [0.1, 0.15) is 38.2 Å². The largest absolute Gasteiger partial charge is 0.352 e. The van der Waals surface area contributed by atoms with Crippen LogP contribution in [0.3, 0.4) is 0 Å². The second-order valence-corrected chi connectivity index (χ2v) is 5.45. The van der Waals surface area contributed by atoms with Gasteiger partial charge < -0.3 is 10.6 Å². The Morgan fingerprint density at radius 2 is 1.95 bits per heavy atom. The lowest BCUT2D eigenvalue weighted by molar-refractivity contribution is -0.133. The van der Waals surface area contributed by atoms with Gasteiger partial charge in [0.15, 0.2) is 0 Å². The molecule has 0 atom stereocenters. The summed E-state index contributed by atoms with van der Waals surface area (Å²) in [5, 5.41) is 6.47. The third-order valence-corrected chi connectivity index (χ3v) is 4.07. The lowest BCUT2D eigenvalue weighted by atomic mass is 9.74. The summed E-state index contributed by atoms with van der Waals surface area (Å²) in [7, 11) is 0. The Morgan fingerprint density at radius 1 is 1.26 bits per heavy atom. The van der Waals surface area contributed by atoms with Gasteiger partial charge >= 0.3 is 0 Å². The molecule has 1 amide bonds. The van der Waals surface area contributed by atoms with E-state index in [2.05, 4.69) is 29.7 Å². The van der Waals surface area contributed by atoms with Crippen molar-refractivity contribution in [2.45, 2.75) is 39.2 Å². The monoisotopic (exact) mass is 260 g/mol.